The lowest BCUT2D eigenvalue weighted by atomic mass is 10.1. The summed E-state index contributed by atoms with van der Waals surface area (Å²) in [5.41, 5.74) is 1.19. The Kier molecular flexibility index (Phi) is 5.76. The average Bonchev–Trinajstić information content (AvgIpc) is 3.22. The van der Waals surface area contributed by atoms with Gasteiger partial charge in [0.05, 0.1) is 7.11 Å². The van der Waals surface area contributed by atoms with Gasteiger partial charge >= 0.3 is 0 Å². The van der Waals surface area contributed by atoms with Gasteiger partial charge in [0.2, 0.25) is 6.79 Å². The summed E-state index contributed by atoms with van der Waals surface area (Å²) >= 11 is 0. The second-order valence-corrected chi connectivity index (χ2v) is 7.22. The van der Waals surface area contributed by atoms with Gasteiger partial charge in [-0.25, -0.2) is 0 Å². The van der Waals surface area contributed by atoms with Gasteiger partial charge in [-0.15, -0.1) is 0 Å². The Bertz CT molecular complexity index is 847. The first-order chi connectivity index (χ1) is 14.1. The standard InChI is InChI=1S/C22H26N2O5/c1-16(29-19-6-4-18(26-2)5-7-19)22(25)24-11-9-23(10-12-24)14-17-3-8-20-21(13-17)28-15-27-20/h3-8,13,16H,9-12,14-15H2,1-2H3. The summed E-state index contributed by atoms with van der Waals surface area (Å²) in [7, 11) is 1.62. The Morgan fingerprint density at radius 2 is 1.69 bits per heavy atom. The number of carbonyl (C=O) groups is 1. The lowest BCUT2D eigenvalue weighted by Crippen LogP contribution is -2.51. The molecule has 0 N–H and O–H groups in total. The van der Waals surface area contributed by atoms with Crippen LogP contribution >= 0.6 is 0 Å². The third-order valence-corrected chi connectivity index (χ3v) is 5.25. The van der Waals surface area contributed by atoms with Crippen LogP contribution in [0.1, 0.15) is 12.5 Å². The van der Waals surface area contributed by atoms with Crippen molar-refractivity contribution in [1.29, 1.82) is 0 Å². The summed E-state index contributed by atoms with van der Waals surface area (Å²) in [6.07, 6.45) is -0.524. The number of amides is 1. The SMILES string of the molecule is COc1ccc(OC(C)C(=O)N2CCN(Cc3ccc4c(c3)OCO4)CC2)cc1. The molecule has 1 fully saturated rings. The van der Waals surface area contributed by atoms with Crippen LogP contribution in [0.25, 0.3) is 0 Å². The van der Waals surface area contributed by atoms with Gasteiger partial charge in [0.25, 0.3) is 5.91 Å². The maximum Gasteiger partial charge on any atom is 0.263 e. The highest BCUT2D eigenvalue weighted by Gasteiger charge is 2.26. The third-order valence-electron chi connectivity index (χ3n) is 5.25. The van der Waals surface area contributed by atoms with Crippen molar-refractivity contribution < 1.29 is 23.7 Å². The highest BCUT2D eigenvalue weighted by Crippen LogP contribution is 2.32. The zero-order chi connectivity index (χ0) is 20.2. The molecule has 2 aromatic carbocycles. The topological polar surface area (TPSA) is 60.5 Å². The highest BCUT2D eigenvalue weighted by molar-refractivity contribution is 5.81. The lowest BCUT2D eigenvalue weighted by Gasteiger charge is -2.35. The molecular formula is C22H26N2O5. The smallest absolute Gasteiger partial charge is 0.263 e. The molecule has 2 heterocycles. The van der Waals surface area contributed by atoms with Crippen LogP contribution in [0.15, 0.2) is 42.5 Å². The summed E-state index contributed by atoms with van der Waals surface area (Å²) in [6, 6.07) is 13.3. The molecule has 0 bridgehead atoms. The van der Waals surface area contributed by atoms with Crippen LogP contribution in [0.3, 0.4) is 0 Å². The van der Waals surface area contributed by atoms with Crippen molar-refractivity contribution in [2.45, 2.75) is 19.6 Å². The largest absolute Gasteiger partial charge is 0.497 e. The molecule has 2 aliphatic heterocycles. The number of nitrogens with zero attached hydrogens (tertiary/aromatic N) is 2. The maximum atomic E-state index is 12.7. The number of piperazine rings is 1. The van der Waals surface area contributed by atoms with E-state index in [4.69, 9.17) is 18.9 Å². The monoisotopic (exact) mass is 398 g/mol. The minimum atomic E-state index is -0.524. The van der Waals surface area contributed by atoms with Crippen LogP contribution in [0.5, 0.6) is 23.0 Å². The van der Waals surface area contributed by atoms with Crippen molar-refractivity contribution in [2.24, 2.45) is 0 Å². The van der Waals surface area contributed by atoms with E-state index in [1.165, 1.54) is 5.56 Å². The molecule has 0 spiro atoms. The second kappa shape index (κ2) is 8.61. The Hall–Kier alpha value is -2.93. The van der Waals surface area contributed by atoms with Gasteiger partial charge in [-0.05, 0) is 48.9 Å². The minimum Gasteiger partial charge on any atom is -0.497 e. The van der Waals surface area contributed by atoms with Crippen LogP contribution in [0, 0.1) is 0 Å². The van der Waals surface area contributed by atoms with Gasteiger partial charge < -0.3 is 23.8 Å². The van der Waals surface area contributed by atoms with E-state index in [0.29, 0.717) is 18.8 Å². The lowest BCUT2D eigenvalue weighted by molar-refractivity contribution is -0.139. The molecule has 7 heteroatoms. The molecule has 2 aromatic rings. The van der Waals surface area contributed by atoms with Gasteiger partial charge in [0.1, 0.15) is 11.5 Å². The molecule has 0 aliphatic carbocycles. The average molecular weight is 398 g/mol. The van der Waals surface area contributed by atoms with Crippen LogP contribution in [-0.2, 0) is 11.3 Å². The molecule has 1 unspecified atom stereocenters. The molecule has 1 atom stereocenters. The van der Waals surface area contributed by atoms with Crippen LogP contribution in [-0.4, -0.2) is 61.9 Å². The van der Waals surface area contributed by atoms with E-state index in [1.54, 1.807) is 14.0 Å². The van der Waals surface area contributed by atoms with Crippen molar-refractivity contribution >= 4 is 5.91 Å². The summed E-state index contributed by atoms with van der Waals surface area (Å²) in [4.78, 5) is 17.0. The number of fused-ring (bicyclic) bond motifs is 1. The number of ether oxygens (including phenoxy) is 4. The fourth-order valence-corrected chi connectivity index (χ4v) is 3.59. The first kappa shape index (κ1) is 19.4. The molecule has 1 amide bonds. The Balaban J connectivity index is 1.26. The van der Waals surface area contributed by atoms with Crippen molar-refractivity contribution in [3.05, 3.63) is 48.0 Å². The fourth-order valence-electron chi connectivity index (χ4n) is 3.59. The summed E-state index contributed by atoms with van der Waals surface area (Å²) in [6.45, 7) is 5.96. The number of rotatable bonds is 6. The van der Waals surface area contributed by atoms with Crippen LogP contribution in [0.2, 0.25) is 0 Å². The van der Waals surface area contributed by atoms with Gasteiger partial charge in [0.15, 0.2) is 17.6 Å². The molecular weight excluding hydrogens is 372 g/mol. The minimum absolute atomic E-state index is 0.0172. The van der Waals surface area contributed by atoms with Gasteiger partial charge in [-0.3, -0.25) is 9.69 Å². The number of hydrogen-bond acceptors (Lipinski definition) is 6. The van der Waals surface area contributed by atoms with E-state index in [1.807, 2.05) is 41.3 Å². The molecule has 29 heavy (non-hydrogen) atoms. The normalized spacial score (nSPS) is 17.1. The van der Waals surface area contributed by atoms with Crippen molar-refractivity contribution in [3.63, 3.8) is 0 Å². The summed E-state index contributed by atoms with van der Waals surface area (Å²) in [5.74, 6) is 3.04. The van der Waals surface area contributed by atoms with Gasteiger partial charge in [-0.2, -0.15) is 0 Å². The first-order valence-corrected chi connectivity index (χ1v) is 9.83. The van der Waals surface area contributed by atoms with Gasteiger partial charge in [0, 0.05) is 32.7 Å². The molecule has 0 saturated carbocycles. The van der Waals surface area contributed by atoms with E-state index in [9.17, 15) is 4.79 Å². The fraction of sp³-hybridized carbons (Fsp3) is 0.409. The third kappa shape index (κ3) is 4.56. The van der Waals surface area contributed by atoms with Crippen molar-refractivity contribution in [1.82, 2.24) is 9.80 Å². The van der Waals surface area contributed by atoms with E-state index < -0.39 is 6.10 Å². The maximum absolute atomic E-state index is 12.7. The first-order valence-electron chi connectivity index (χ1n) is 9.83. The highest BCUT2D eigenvalue weighted by atomic mass is 16.7. The molecule has 0 radical (unpaired) electrons. The zero-order valence-corrected chi connectivity index (χ0v) is 16.8. The Morgan fingerprint density at radius 1 is 1.00 bits per heavy atom. The molecule has 0 aromatic heterocycles. The molecule has 1 saturated heterocycles. The number of benzene rings is 2. The molecule has 7 nitrogen and oxygen atoms in total. The van der Waals surface area contributed by atoms with E-state index in [0.717, 1.165) is 36.9 Å². The predicted molar refractivity (Wildman–Crippen MR) is 108 cm³/mol. The number of carbonyl (C=O) groups excluding carboxylic acids is 1. The van der Waals surface area contributed by atoms with E-state index in [-0.39, 0.29) is 12.7 Å². The zero-order valence-electron chi connectivity index (χ0n) is 16.8. The number of methoxy groups -OCH3 is 1. The molecule has 2 aliphatic rings. The molecule has 154 valence electrons. The van der Waals surface area contributed by atoms with Crippen molar-refractivity contribution in [2.75, 3.05) is 40.1 Å². The second-order valence-electron chi connectivity index (χ2n) is 7.22. The summed E-state index contributed by atoms with van der Waals surface area (Å²) in [5, 5.41) is 0. The molecule has 4 rings (SSSR count). The van der Waals surface area contributed by atoms with Crippen LogP contribution in [0.4, 0.5) is 0 Å². The van der Waals surface area contributed by atoms with Crippen molar-refractivity contribution in [3.8, 4) is 23.0 Å². The quantitative estimate of drug-likeness (QED) is 0.745. The Morgan fingerprint density at radius 3 is 2.41 bits per heavy atom. The summed E-state index contributed by atoms with van der Waals surface area (Å²) < 4.78 is 21.8. The van der Waals surface area contributed by atoms with E-state index >= 15 is 0 Å². The van der Waals surface area contributed by atoms with E-state index in [2.05, 4.69) is 11.0 Å². The Labute approximate surface area is 170 Å². The van der Waals surface area contributed by atoms with Gasteiger partial charge in [-0.1, -0.05) is 6.07 Å². The number of hydrogen-bond donors (Lipinski definition) is 0. The van der Waals surface area contributed by atoms with Crippen LogP contribution < -0.4 is 18.9 Å². The predicted octanol–water partition coefficient (Wildman–Crippen LogP) is 2.54.